The molecule has 1 N–H and O–H groups in total. The van der Waals surface area contributed by atoms with Crippen molar-refractivity contribution in [1.82, 2.24) is 19.4 Å². The first-order chi connectivity index (χ1) is 10.1. The van der Waals surface area contributed by atoms with Crippen LogP contribution in [0.1, 0.15) is 36.2 Å². The minimum atomic E-state index is -0.767. The lowest BCUT2D eigenvalue weighted by Gasteiger charge is -2.41. The molecule has 0 aliphatic carbocycles. The van der Waals surface area contributed by atoms with E-state index in [4.69, 9.17) is 0 Å². The lowest BCUT2D eigenvalue weighted by atomic mass is 9.92. The van der Waals surface area contributed by atoms with Gasteiger partial charge in [0.05, 0.1) is 24.7 Å². The summed E-state index contributed by atoms with van der Waals surface area (Å²) in [5.41, 5.74) is -0.183. The maximum absolute atomic E-state index is 12.5. The molecule has 1 aromatic heterocycles. The van der Waals surface area contributed by atoms with Gasteiger partial charge < -0.3 is 19.5 Å². The lowest BCUT2D eigenvalue weighted by molar-refractivity contribution is -0.0433. The van der Waals surface area contributed by atoms with Crippen molar-refractivity contribution in [2.24, 2.45) is 7.05 Å². The average molecular weight is 292 g/mol. The molecule has 2 fully saturated rings. The van der Waals surface area contributed by atoms with Gasteiger partial charge in [0, 0.05) is 20.1 Å². The average Bonchev–Trinajstić information content (AvgIpc) is 3.09. The number of amides is 1. The Balaban J connectivity index is 1.67. The van der Waals surface area contributed by atoms with E-state index in [0.29, 0.717) is 25.3 Å². The predicted molar refractivity (Wildman–Crippen MR) is 79.0 cm³/mol. The van der Waals surface area contributed by atoms with Gasteiger partial charge in [0.25, 0.3) is 5.91 Å². The van der Waals surface area contributed by atoms with E-state index in [1.54, 1.807) is 22.0 Å². The van der Waals surface area contributed by atoms with E-state index in [1.807, 2.05) is 7.05 Å². The summed E-state index contributed by atoms with van der Waals surface area (Å²) in [6.07, 6.45) is 7.29. The fourth-order valence-corrected chi connectivity index (χ4v) is 3.50. The van der Waals surface area contributed by atoms with Crippen LogP contribution in [0, 0.1) is 0 Å². The first-order valence-corrected chi connectivity index (χ1v) is 7.78. The number of hydrogen-bond acceptors (Lipinski definition) is 4. The number of piperidine rings is 1. The number of aryl methyl sites for hydroxylation is 1. The van der Waals surface area contributed by atoms with E-state index in [2.05, 4.69) is 9.88 Å². The molecule has 1 amide bonds. The second-order valence-corrected chi connectivity index (χ2v) is 6.43. The molecule has 1 aromatic rings. The van der Waals surface area contributed by atoms with Crippen molar-refractivity contribution in [3.05, 3.63) is 18.2 Å². The Morgan fingerprint density at radius 3 is 2.76 bits per heavy atom. The number of aromatic nitrogens is 2. The van der Waals surface area contributed by atoms with Gasteiger partial charge >= 0.3 is 0 Å². The van der Waals surface area contributed by atoms with Gasteiger partial charge in [0.15, 0.2) is 0 Å². The highest BCUT2D eigenvalue weighted by molar-refractivity contribution is 5.92. The zero-order chi connectivity index (χ0) is 14.9. The van der Waals surface area contributed by atoms with Crippen molar-refractivity contribution in [2.75, 3.05) is 32.7 Å². The lowest BCUT2D eigenvalue weighted by Crippen LogP contribution is -2.55. The second kappa shape index (κ2) is 5.77. The first kappa shape index (κ1) is 14.5. The zero-order valence-electron chi connectivity index (χ0n) is 12.7. The number of nitrogens with zero attached hydrogens (tertiary/aromatic N) is 4. The molecule has 0 aromatic carbocycles. The highest BCUT2D eigenvalue weighted by Gasteiger charge is 2.37. The number of hydrogen-bond donors (Lipinski definition) is 1. The van der Waals surface area contributed by atoms with E-state index in [9.17, 15) is 9.90 Å². The van der Waals surface area contributed by atoms with Crippen molar-refractivity contribution in [3.63, 3.8) is 0 Å². The van der Waals surface area contributed by atoms with Gasteiger partial charge in [-0.15, -0.1) is 0 Å². The molecule has 2 aliphatic heterocycles. The van der Waals surface area contributed by atoms with Gasteiger partial charge in [-0.05, 0) is 38.8 Å². The van der Waals surface area contributed by atoms with Crippen LogP contribution in [0.15, 0.2) is 12.5 Å². The van der Waals surface area contributed by atoms with Crippen LogP contribution in [0.25, 0.3) is 0 Å². The smallest absolute Gasteiger partial charge is 0.272 e. The number of carbonyl (C=O) groups is 1. The van der Waals surface area contributed by atoms with Gasteiger partial charge in [0.1, 0.15) is 5.69 Å². The van der Waals surface area contributed by atoms with Crippen molar-refractivity contribution in [2.45, 2.75) is 31.3 Å². The van der Waals surface area contributed by atoms with Crippen molar-refractivity contribution < 1.29 is 9.90 Å². The third-order valence-electron chi connectivity index (χ3n) is 4.59. The second-order valence-electron chi connectivity index (χ2n) is 6.43. The van der Waals surface area contributed by atoms with Gasteiger partial charge in [-0.2, -0.15) is 0 Å². The van der Waals surface area contributed by atoms with Crippen molar-refractivity contribution in [3.8, 4) is 0 Å². The molecule has 6 nitrogen and oxygen atoms in total. The van der Waals surface area contributed by atoms with Gasteiger partial charge in [-0.3, -0.25) is 4.79 Å². The Kier molecular flexibility index (Phi) is 3.99. The van der Waals surface area contributed by atoms with Crippen LogP contribution in [0.2, 0.25) is 0 Å². The molecule has 0 spiro atoms. The van der Waals surface area contributed by atoms with Crippen LogP contribution < -0.4 is 0 Å². The van der Waals surface area contributed by atoms with E-state index in [1.165, 1.54) is 12.8 Å². The molecular weight excluding hydrogens is 268 g/mol. The Hall–Kier alpha value is -1.40. The molecule has 3 rings (SSSR count). The molecule has 0 radical (unpaired) electrons. The minimum absolute atomic E-state index is 0.0328. The molecule has 0 bridgehead atoms. The number of aliphatic hydroxyl groups is 1. The zero-order valence-corrected chi connectivity index (χ0v) is 12.7. The highest BCUT2D eigenvalue weighted by Crippen LogP contribution is 2.25. The number of carbonyl (C=O) groups excluding carboxylic acids is 1. The van der Waals surface area contributed by atoms with Crippen molar-refractivity contribution >= 4 is 5.91 Å². The van der Waals surface area contributed by atoms with E-state index < -0.39 is 5.60 Å². The summed E-state index contributed by atoms with van der Waals surface area (Å²) in [7, 11) is 1.82. The molecule has 21 heavy (non-hydrogen) atoms. The first-order valence-electron chi connectivity index (χ1n) is 7.78. The molecule has 0 unspecified atom stereocenters. The standard InChI is InChI=1S/C15H24N4O2/c1-17-12-16-9-13(17)14(20)19-8-4-5-15(21,11-19)10-18-6-2-3-7-18/h9,12,21H,2-8,10-11H2,1H3/t15-/m0/s1. The Morgan fingerprint density at radius 1 is 1.33 bits per heavy atom. The third-order valence-corrected chi connectivity index (χ3v) is 4.59. The van der Waals surface area contributed by atoms with Crippen molar-refractivity contribution in [1.29, 1.82) is 0 Å². The fourth-order valence-electron chi connectivity index (χ4n) is 3.50. The number of rotatable bonds is 3. The Morgan fingerprint density at radius 2 is 2.10 bits per heavy atom. The SMILES string of the molecule is Cn1cncc1C(=O)N1CCC[C@](O)(CN2CCCC2)C1. The summed E-state index contributed by atoms with van der Waals surface area (Å²) in [6, 6.07) is 0. The quantitative estimate of drug-likeness (QED) is 0.880. The summed E-state index contributed by atoms with van der Waals surface area (Å²) in [6.45, 7) is 3.96. The highest BCUT2D eigenvalue weighted by atomic mass is 16.3. The summed E-state index contributed by atoms with van der Waals surface area (Å²) < 4.78 is 1.73. The van der Waals surface area contributed by atoms with Crippen LogP contribution in [0.5, 0.6) is 0 Å². The molecule has 116 valence electrons. The summed E-state index contributed by atoms with van der Waals surface area (Å²) in [4.78, 5) is 20.6. The summed E-state index contributed by atoms with van der Waals surface area (Å²) >= 11 is 0. The van der Waals surface area contributed by atoms with Gasteiger partial charge in [0.2, 0.25) is 0 Å². The van der Waals surface area contributed by atoms with E-state index in [-0.39, 0.29) is 5.91 Å². The predicted octanol–water partition coefficient (Wildman–Crippen LogP) is 0.483. The fraction of sp³-hybridized carbons (Fsp3) is 0.733. The molecule has 2 aliphatic rings. The Labute approximate surface area is 125 Å². The molecular formula is C15H24N4O2. The maximum Gasteiger partial charge on any atom is 0.272 e. The summed E-state index contributed by atoms with van der Waals surface area (Å²) in [5, 5.41) is 10.9. The molecule has 3 heterocycles. The van der Waals surface area contributed by atoms with Gasteiger partial charge in [-0.25, -0.2) is 4.98 Å². The molecule has 1 atom stereocenters. The van der Waals surface area contributed by atoms with Crippen LogP contribution in [-0.4, -0.2) is 68.7 Å². The molecule has 6 heteroatoms. The normalized spacial score (nSPS) is 27.2. The van der Waals surface area contributed by atoms with Crippen LogP contribution in [0.4, 0.5) is 0 Å². The maximum atomic E-state index is 12.5. The molecule has 0 saturated carbocycles. The van der Waals surface area contributed by atoms with Crippen LogP contribution in [-0.2, 0) is 7.05 Å². The largest absolute Gasteiger partial charge is 0.387 e. The van der Waals surface area contributed by atoms with E-state index in [0.717, 1.165) is 25.9 Å². The number of imidazole rings is 1. The third kappa shape index (κ3) is 3.11. The van der Waals surface area contributed by atoms with E-state index >= 15 is 0 Å². The topological polar surface area (TPSA) is 61.6 Å². The number of likely N-dealkylation sites (tertiary alicyclic amines) is 2. The summed E-state index contributed by atoms with van der Waals surface area (Å²) in [5.74, 6) is -0.0328. The molecule has 2 saturated heterocycles. The van der Waals surface area contributed by atoms with Crippen LogP contribution >= 0.6 is 0 Å². The van der Waals surface area contributed by atoms with Gasteiger partial charge in [-0.1, -0.05) is 0 Å². The minimum Gasteiger partial charge on any atom is -0.387 e. The number of β-amino-alcohol motifs (C(OH)–C–C–N with tert-alkyl or cyclic N) is 1. The monoisotopic (exact) mass is 292 g/mol. The Bertz CT molecular complexity index is 510. The van der Waals surface area contributed by atoms with Crippen LogP contribution in [0.3, 0.4) is 0 Å².